The summed E-state index contributed by atoms with van der Waals surface area (Å²) in [5, 5.41) is 0. The molecule has 19 heavy (non-hydrogen) atoms. The minimum absolute atomic E-state index is 0.0509. The number of rotatable bonds is 7. The summed E-state index contributed by atoms with van der Waals surface area (Å²) in [6, 6.07) is 1.21. The molecule has 1 heterocycles. The zero-order chi connectivity index (χ0) is 14.4. The Bertz CT molecular complexity index is 539. The summed E-state index contributed by atoms with van der Waals surface area (Å²) in [5.74, 6) is 0. The van der Waals surface area contributed by atoms with E-state index in [4.69, 9.17) is 9.63 Å². The van der Waals surface area contributed by atoms with E-state index < -0.39 is 31.8 Å². The van der Waals surface area contributed by atoms with Crippen molar-refractivity contribution < 1.29 is 18.7 Å². The van der Waals surface area contributed by atoms with Gasteiger partial charge in [-0.2, -0.15) is 0 Å². The number of ether oxygens (including phenoxy) is 1. The molecule has 0 aromatic carbocycles. The Kier molecular flexibility index (Phi) is 6.04. The van der Waals surface area contributed by atoms with Crippen molar-refractivity contribution >= 4 is 8.25 Å². The van der Waals surface area contributed by atoms with Crippen LogP contribution in [0.15, 0.2) is 21.9 Å². The Hall–Kier alpha value is -1.34. The number of nitrogens with zero attached hydrogens (tertiary/aromatic N) is 1. The molecular formula is C10H16N2O6P+. The molecule has 0 fully saturated rings. The van der Waals surface area contributed by atoms with E-state index in [1.165, 1.54) is 16.8 Å². The molecule has 8 nitrogen and oxygen atoms in total. The Morgan fingerprint density at radius 2 is 2.21 bits per heavy atom. The van der Waals surface area contributed by atoms with Gasteiger partial charge in [0.05, 0.1) is 6.10 Å². The van der Waals surface area contributed by atoms with Crippen LogP contribution in [-0.2, 0) is 13.8 Å². The molecular weight excluding hydrogens is 275 g/mol. The number of nitrogens with one attached hydrogen (secondary N) is 1. The summed E-state index contributed by atoms with van der Waals surface area (Å²) in [7, 11) is -2.67. The highest BCUT2D eigenvalue weighted by Gasteiger charge is 2.20. The Morgan fingerprint density at radius 1 is 1.53 bits per heavy atom. The standard InChI is InChI=1S/C10H15N2O6P/c1-3-8(6-17-19(15)16)18-7(2)12-5-4-9(13)11-10(12)14/h4-5,7-8H,3,6H2,1-2H3,(H-,11,13,14,15,16)/p+1. The molecule has 0 radical (unpaired) electrons. The highest BCUT2D eigenvalue weighted by Crippen LogP contribution is 2.18. The van der Waals surface area contributed by atoms with Crippen LogP contribution in [0.3, 0.4) is 0 Å². The fourth-order valence-corrected chi connectivity index (χ4v) is 1.75. The van der Waals surface area contributed by atoms with Gasteiger partial charge >= 0.3 is 13.9 Å². The third-order valence-electron chi connectivity index (χ3n) is 2.46. The summed E-state index contributed by atoms with van der Waals surface area (Å²) in [6.07, 6.45) is 0.812. The Balaban J connectivity index is 2.71. The van der Waals surface area contributed by atoms with Gasteiger partial charge in [0.1, 0.15) is 12.8 Å². The first kappa shape index (κ1) is 15.7. The van der Waals surface area contributed by atoms with Crippen LogP contribution in [0, 0.1) is 0 Å². The van der Waals surface area contributed by atoms with Crippen molar-refractivity contribution in [2.75, 3.05) is 6.61 Å². The minimum Gasteiger partial charge on any atom is -0.352 e. The van der Waals surface area contributed by atoms with Gasteiger partial charge < -0.3 is 4.74 Å². The molecule has 0 spiro atoms. The maximum Gasteiger partial charge on any atom is 0.694 e. The van der Waals surface area contributed by atoms with Crippen LogP contribution < -0.4 is 11.2 Å². The van der Waals surface area contributed by atoms with E-state index in [1.807, 2.05) is 6.92 Å². The first-order chi connectivity index (χ1) is 8.93. The van der Waals surface area contributed by atoms with Crippen LogP contribution in [0.25, 0.3) is 0 Å². The number of hydrogen-bond donors (Lipinski definition) is 2. The summed E-state index contributed by atoms with van der Waals surface area (Å²) in [6.45, 7) is 3.40. The molecule has 1 rings (SSSR count). The second-order valence-corrected chi connectivity index (χ2v) is 4.55. The predicted molar refractivity (Wildman–Crippen MR) is 67.0 cm³/mol. The first-order valence-corrected chi connectivity index (χ1v) is 6.83. The highest BCUT2D eigenvalue weighted by atomic mass is 31.1. The molecule has 3 unspecified atom stereocenters. The Labute approximate surface area is 109 Å². The van der Waals surface area contributed by atoms with Crippen molar-refractivity contribution in [1.82, 2.24) is 9.55 Å². The molecule has 0 aliphatic rings. The van der Waals surface area contributed by atoms with Gasteiger partial charge in [0.2, 0.25) is 0 Å². The lowest BCUT2D eigenvalue weighted by Gasteiger charge is -2.20. The summed E-state index contributed by atoms with van der Waals surface area (Å²) in [5.41, 5.74) is -1.06. The van der Waals surface area contributed by atoms with Gasteiger partial charge in [-0.1, -0.05) is 6.92 Å². The SMILES string of the molecule is CCC(CO[P+](=O)O)OC(C)n1ccc(=O)[nH]c1=O. The van der Waals surface area contributed by atoms with Crippen molar-refractivity contribution in [3.05, 3.63) is 33.1 Å². The molecule has 106 valence electrons. The lowest BCUT2D eigenvalue weighted by Crippen LogP contribution is -2.33. The van der Waals surface area contributed by atoms with E-state index in [0.29, 0.717) is 6.42 Å². The molecule has 0 aliphatic carbocycles. The zero-order valence-corrected chi connectivity index (χ0v) is 11.5. The van der Waals surface area contributed by atoms with Crippen molar-refractivity contribution in [1.29, 1.82) is 0 Å². The maximum absolute atomic E-state index is 11.5. The fraction of sp³-hybridized carbons (Fsp3) is 0.600. The van der Waals surface area contributed by atoms with Crippen LogP contribution in [0.2, 0.25) is 0 Å². The fourth-order valence-electron chi connectivity index (χ4n) is 1.46. The first-order valence-electron chi connectivity index (χ1n) is 5.70. The predicted octanol–water partition coefficient (Wildman–Crippen LogP) is 0.517. The summed E-state index contributed by atoms with van der Waals surface area (Å²) >= 11 is 0. The van der Waals surface area contributed by atoms with Gasteiger partial charge in [-0.3, -0.25) is 14.3 Å². The summed E-state index contributed by atoms with van der Waals surface area (Å²) in [4.78, 5) is 33.1. The minimum atomic E-state index is -2.67. The van der Waals surface area contributed by atoms with Crippen LogP contribution in [0.1, 0.15) is 26.5 Å². The van der Waals surface area contributed by atoms with Crippen molar-refractivity contribution in [3.8, 4) is 0 Å². The van der Waals surface area contributed by atoms with E-state index >= 15 is 0 Å². The molecule has 3 atom stereocenters. The van der Waals surface area contributed by atoms with Crippen LogP contribution in [0.4, 0.5) is 0 Å². The maximum atomic E-state index is 11.5. The smallest absolute Gasteiger partial charge is 0.352 e. The molecule has 0 saturated carbocycles. The van der Waals surface area contributed by atoms with Crippen LogP contribution >= 0.6 is 8.25 Å². The third kappa shape index (κ3) is 5.04. The van der Waals surface area contributed by atoms with E-state index in [9.17, 15) is 14.2 Å². The number of aromatic nitrogens is 2. The molecule has 0 bridgehead atoms. The van der Waals surface area contributed by atoms with E-state index in [0.717, 1.165) is 0 Å². The normalized spacial score (nSPS) is 15.0. The average molecular weight is 291 g/mol. The number of hydrogen-bond acceptors (Lipinski definition) is 5. The highest BCUT2D eigenvalue weighted by molar-refractivity contribution is 7.32. The largest absolute Gasteiger partial charge is 0.694 e. The molecule has 1 aromatic heterocycles. The monoisotopic (exact) mass is 291 g/mol. The molecule has 9 heteroatoms. The topological polar surface area (TPSA) is 111 Å². The van der Waals surface area contributed by atoms with E-state index in [1.54, 1.807) is 6.92 Å². The van der Waals surface area contributed by atoms with Crippen LogP contribution in [0.5, 0.6) is 0 Å². The second-order valence-electron chi connectivity index (χ2n) is 3.82. The Morgan fingerprint density at radius 3 is 2.74 bits per heavy atom. The second kappa shape index (κ2) is 7.30. The quantitative estimate of drug-likeness (QED) is 0.708. The van der Waals surface area contributed by atoms with Crippen molar-refractivity contribution in [2.45, 2.75) is 32.6 Å². The van der Waals surface area contributed by atoms with E-state index in [-0.39, 0.29) is 6.61 Å². The molecule has 2 N–H and O–H groups in total. The average Bonchev–Trinajstić information content (AvgIpc) is 2.33. The van der Waals surface area contributed by atoms with E-state index in [2.05, 4.69) is 9.51 Å². The molecule has 0 amide bonds. The number of aromatic amines is 1. The van der Waals surface area contributed by atoms with Gasteiger partial charge in [0.15, 0.2) is 0 Å². The van der Waals surface area contributed by atoms with Crippen LogP contribution in [-0.4, -0.2) is 27.2 Å². The number of H-pyrrole nitrogens is 1. The molecule has 0 saturated heterocycles. The van der Waals surface area contributed by atoms with Gasteiger partial charge in [0, 0.05) is 16.8 Å². The third-order valence-corrected chi connectivity index (χ3v) is 2.83. The van der Waals surface area contributed by atoms with Gasteiger partial charge in [-0.25, -0.2) is 4.79 Å². The molecule has 1 aromatic rings. The van der Waals surface area contributed by atoms with Crippen molar-refractivity contribution in [2.24, 2.45) is 0 Å². The zero-order valence-electron chi connectivity index (χ0n) is 10.6. The van der Waals surface area contributed by atoms with Gasteiger partial charge in [-0.15, -0.1) is 9.42 Å². The summed E-state index contributed by atoms with van der Waals surface area (Å²) < 4.78 is 21.8. The lowest BCUT2D eigenvalue weighted by molar-refractivity contribution is -0.0642. The van der Waals surface area contributed by atoms with Crippen molar-refractivity contribution in [3.63, 3.8) is 0 Å². The van der Waals surface area contributed by atoms with Gasteiger partial charge in [0.25, 0.3) is 5.56 Å². The van der Waals surface area contributed by atoms with Gasteiger partial charge in [-0.05, 0) is 13.3 Å². The molecule has 0 aliphatic heterocycles. The lowest BCUT2D eigenvalue weighted by atomic mass is 10.3.